The van der Waals surface area contributed by atoms with Crippen LogP contribution < -0.4 is 10.9 Å². The third-order valence-corrected chi connectivity index (χ3v) is 4.35. The van der Waals surface area contributed by atoms with E-state index in [1.807, 2.05) is 6.07 Å². The van der Waals surface area contributed by atoms with E-state index in [4.69, 9.17) is 0 Å². The first-order chi connectivity index (χ1) is 10.8. The topological polar surface area (TPSA) is 57.8 Å². The Hall–Kier alpha value is -1.94. The molecular formula is C18H23N3O. The molecule has 4 nitrogen and oxygen atoms in total. The fourth-order valence-electron chi connectivity index (χ4n) is 3.14. The molecule has 0 unspecified atom stereocenters. The molecule has 1 aromatic heterocycles. The molecule has 0 amide bonds. The van der Waals surface area contributed by atoms with Gasteiger partial charge in [0.05, 0.1) is 5.69 Å². The molecule has 1 aliphatic rings. The van der Waals surface area contributed by atoms with Crippen molar-refractivity contribution in [2.75, 3.05) is 13.1 Å². The molecule has 1 aromatic carbocycles. The summed E-state index contributed by atoms with van der Waals surface area (Å²) in [6.45, 7) is 1.87. The summed E-state index contributed by atoms with van der Waals surface area (Å²) < 4.78 is 0. The van der Waals surface area contributed by atoms with Crippen molar-refractivity contribution in [1.82, 2.24) is 15.5 Å². The standard InChI is InChI=1S/C18H23N3O/c22-18-16-9-5-4-8-15(16)17(20-21-18)11-13-19-12-10-14-6-2-1-3-7-14/h1-3,6-7,19H,4-5,8-13H2,(H,21,22). The highest BCUT2D eigenvalue weighted by Crippen LogP contribution is 2.20. The average Bonchev–Trinajstić information content (AvgIpc) is 2.58. The van der Waals surface area contributed by atoms with Crippen LogP contribution in [0.2, 0.25) is 0 Å². The maximum atomic E-state index is 11.8. The quantitative estimate of drug-likeness (QED) is 0.802. The van der Waals surface area contributed by atoms with Gasteiger partial charge in [-0.05, 0) is 49.8 Å². The van der Waals surface area contributed by atoms with E-state index in [-0.39, 0.29) is 5.56 Å². The lowest BCUT2D eigenvalue weighted by molar-refractivity contribution is 0.630. The van der Waals surface area contributed by atoms with Gasteiger partial charge in [-0.25, -0.2) is 5.10 Å². The van der Waals surface area contributed by atoms with Crippen molar-refractivity contribution >= 4 is 0 Å². The maximum absolute atomic E-state index is 11.8. The second-order valence-electron chi connectivity index (χ2n) is 5.90. The molecule has 0 saturated heterocycles. The molecule has 0 radical (unpaired) electrons. The van der Waals surface area contributed by atoms with Gasteiger partial charge in [0.1, 0.15) is 0 Å². The molecule has 0 saturated carbocycles. The van der Waals surface area contributed by atoms with E-state index in [9.17, 15) is 4.79 Å². The van der Waals surface area contributed by atoms with Crippen LogP contribution >= 0.6 is 0 Å². The average molecular weight is 297 g/mol. The molecule has 116 valence electrons. The number of H-pyrrole nitrogens is 1. The van der Waals surface area contributed by atoms with E-state index in [1.54, 1.807) is 0 Å². The molecule has 0 fully saturated rings. The summed E-state index contributed by atoms with van der Waals surface area (Å²) in [7, 11) is 0. The lowest BCUT2D eigenvalue weighted by atomic mass is 9.91. The van der Waals surface area contributed by atoms with Crippen LogP contribution in [0.3, 0.4) is 0 Å². The van der Waals surface area contributed by atoms with Gasteiger partial charge in [0.25, 0.3) is 5.56 Å². The summed E-state index contributed by atoms with van der Waals surface area (Å²) in [6, 6.07) is 10.5. The number of nitrogens with one attached hydrogen (secondary N) is 2. The van der Waals surface area contributed by atoms with E-state index < -0.39 is 0 Å². The Morgan fingerprint density at radius 1 is 1.00 bits per heavy atom. The second-order valence-corrected chi connectivity index (χ2v) is 5.90. The van der Waals surface area contributed by atoms with Crippen molar-refractivity contribution in [2.45, 2.75) is 38.5 Å². The van der Waals surface area contributed by atoms with Crippen LogP contribution in [0.15, 0.2) is 35.1 Å². The van der Waals surface area contributed by atoms with Crippen LogP contribution in [0.1, 0.15) is 35.2 Å². The van der Waals surface area contributed by atoms with Gasteiger partial charge in [-0.3, -0.25) is 4.79 Å². The van der Waals surface area contributed by atoms with Gasteiger partial charge >= 0.3 is 0 Å². The van der Waals surface area contributed by atoms with E-state index >= 15 is 0 Å². The number of benzene rings is 1. The predicted molar refractivity (Wildman–Crippen MR) is 88.2 cm³/mol. The van der Waals surface area contributed by atoms with E-state index in [0.29, 0.717) is 0 Å². The molecule has 1 heterocycles. The second kappa shape index (κ2) is 7.36. The van der Waals surface area contributed by atoms with Crippen LogP contribution in [0, 0.1) is 0 Å². The minimum atomic E-state index is 0.00971. The predicted octanol–water partition coefficient (Wildman–Crippen LogP) is 2.02. The molecule has 0 atom stereocenters. The summed E-state index contributed by atoms with van der Waals surface area (Å²) in [6.07, 6.45) is 6.13. The first-order valence-corrected chi connectivity index (χ1v) is 8.18. The fraction of sp³-hybridized carbons (Fsp3) is 0.444. The minimum Gasteiger partial charge on any atom is -0.316 e. The van der Waals surface area contributed by atoms with Gasteiger partial charge in [-0.15, -0.1) is 0 Å². The smallest absolute Gasteiger partial charge is 0.267 e. The Morgan fingerprint density at radius 3 is 2.55 bits per heavy atom. The molecular weight excluding hydrogens is 274 g/mol. The molecule has 3 rings (SSSR count). The zero-order valence-corrected chi connectivity index (χ0v) is 12.9. The Kier molecular flexibility index (Phi) is 5.01. The molecule has 0 spiro atoms. The van der Waals surface area contributed by atoms with Crippen LogP contribution in [0.4, 0.5) is 0 Å². The normalized spacial score (nSPS) is 13.8. The monoisotopic (exact) mass is 297 g/mol. The Labute approximate surface area is 131 Å². The zero-order chi connectivity index (χ0) is 15.2. The van der Waals surface area contributed by atoms with E-state index in [2.05, 4.69) is 39.8 Å². The van der Waals surface area contributed by atoms with Gasteiger partial charge in [-0.1, -0.05) is 30.3 Å². The molecule has 1 aliphatic carbocycles. The summed E-state index contributed by atoms with van der Waals surface area (Å²) >= 11 is 0. The summed E-state index contributed by atoms with van der Waals surface area (Å²) in [4.78, 5) is 11.8. The van der Waals surface area contributed by atoms with Crippen molar-refractivity contribution < 1.29 is 0 Å². The summed E-state index contributed by atoms with van der Waals surface area (Å²) in [5.41, 5.74) is 4.62. The van der Waals surface area contributed by atoms with E-state index in [1.165, 1.54) is 17.5 Å². The largest absolute Gasteiger partial charge is 0.316 e. The van der Waals surface area contributed by atoms with Crippen molar-refractivity contribution in [3.05, 3.63) is 63.1 Å². The minimum absolute atomic E-state index is 0.00971. The number of hydrogen-bond donors (Lipinski definition) is 2. The highest BCUT2D eigenvalue weighted by molar-refractivity contribution is 5.30. The first kappa shape index (κ1) is 15.0. The van der Waals surface area contributed by atoms with Gasteiger partial charge in [0.15, 0.2) is 0 Å². The Balaban J connectivity index is 1.51. The van der Waals surface area contributed by atoms with Gasteiger partial charge < -0.3 is 5.32 Å². The fourth-order valence-corrected chi connectivity index (χ4v) is 3.14. The molecule has 22 heavy (non-hydrogen) atoms. The van der Waals surface area contributed by atoms with Crippen LogP contribution in [0.25, 0.3) is 0 Å². The number of hydrogen-bond acceptors (Lipinski definition) is 3. The molecule has 2 N–H and O–H groups in total. The first-order valence-electron chi connectivity index (χ1n) is 8.18. The SMILES string of the molecule is O=c1[nH]nc(CCNCCc2ccccc2)c2c1CCCC2. The number of rotatable bonds is 6. The molecule has 0 aliphatic heterocycles. The van der Waals surface area contributed by atoms with Crippen molar-refractivity contribution in [3.8, 4) is 0 Å². The van der Waals surface area contributed by atoms with Gasteiger partial charge in [0.2, 0.25) is 0 Å². The molecule has 0 bridgehead atoms. The number of aromatic amines is 1. The third kappa shape index (κ3) is 3.63. The highest BCUT2D eigenvalue weighted by Gasteiger charge is 2.17. The van der Waals surface area contributed by atoms with E-state index in [0.717, 1.165) is 56.5 Å². The summed E-state index contributed by atoms with van der Waals surface area (Å²) in [5.74, 6) is 0. The van der Waals surface area contributed by atoms with Crippen LogP contribution in [-0.2, 0) is 25.7 Å². The van der Waals surface area contributed by atoms with Crippen molar-refractivity contribution in [1.29, 1.82) is 0 Å². The Bertz CT molecular complexity index is 664. The number of nitrogens with zero attached hydrogens (tertiary/aromatic N) is 1. The zero-order valence-electron chi connectivity index (χ0n) is 12.9. The molecule has 4 heteroatoms. The van der Waals surface area contributed by atoms with Crippen molar-refractivity contribution in [3.63, 3.8) is 0 Å². The van der Waals surface area contributed by atoms with Crippen molar-refractivity contribution in [2.24, 2.45) is 0 Å². The highest BCUT2D eigenvalue weighted by atomic mass is 16.1. The summed E-state index contributed by atoms with van der Waals surface area (Å²) in [5, 5.41) is 10.4. The lowest BCUT2D eigenvalue weighted by Crippen LogP contribution is -2.26. The number of fused-ring (bicyclic) bond motifs is 1. The van der Waals surface area contributed by atoms with Crippen LogP contribution in [0.5, 0.6) is 0 Å². The number of aromatic nitrogens is 2. The van der Waals surface area contributed by atoms with Gasteiger partial charge in [-0.2, -0.15) is 5.10 Å². The lowest BCUT2D eigenvalue weighted by Gasteiger charge is -2.17. The molecule has 2 aromatic rings. The third-order valence-electron chi connectivity index (χ3n) is 4.35. The van der Waals surface area contributed by atoms with Gasteiger partial charge in [0, 0.05) is 18.5 Å². The van der Waals surface area contributed by atoms with Crippen LogP contribution in [-0.4, -0.2) is 23.3 Å². The maximum Gasteiger partial charge on any atom is 0.267 e. The Morgan fingerprint density at radius 2 is 1.73 bits per heavy atom.